The zero-order valence-corrected chi connectivity index (χ0v) is 11.2. The second-order valence-corrected chi connectivity index (χ2v) is 4.57. The van der Waals surface area contributed by atoms with Crippen molar-refractivity contribution >= 4 is 35.6 Å². The first-order chi connectivity index (χ1) is 7.66. The van der Waals surface area contributed by atoms with Gasteiger partial charge in [0.15, 0.2) is 0 Å². The van der Waals surface area contributed by atoms with Crippen molar-refractivity contribution in [3.63, 3.8) is 0 Å². The predicted octanol–water partition coefficient (Wildman–Crippen LogP) is 2.62. The zero-order valence-electron chi connectivity index (χ0n) is 9.63. The fourth-order valence-corrected chi connectivity index (χ4v) is 2.01. The highest BCUT2D eigenvalue weighted by atomic mass is 35.5. The fraction of sp³-hybridized carbons (Fsp3) is 0.417. The lowest BCUT2D eigenvalue weighted by Gasteiger charge is -2.11. The Kier molecular flexibility index (Phi) is 5.25. The second kappa shape index (κ2) is 6.24. The largest absolute Gasteiger partial charge is 0.324 e. The molecule has 0 aromatic heterocycles. The average molecular weight is 275 g/mol. The van der Waals surface area contributed by atoms with E-state index in [0.29, 0.717) is 10.7 Å². The maximum Gasteiger partial charge on any atom is 0.228 e. The number of anilines is 1. The molecule has 3 nitrogen and oxygen atoms in total. The van der Waals surface area contributed by atoms with Gasteiger partial charge in [-0.25, -0.2) is 0 Å². The van der Waals surface area contributed by atoms with Gasteiger partial charge >= 0.3 is 0 Å². The summed E-state index contributed by atoms with van der Waals surface area (Å²) in [4.78, 5) is 11.9. The molecule has 5 heteroatoms. The van der Waals surface area contributed by atoms with Crippen LogP contribution in [0, 0.1) is 12.8 Å². The average Bonchev–Trinajstić information content (AvgIpc) is 2.76. The van der Waals surface area contributed by atoms with Crippen LogP contribution in [0.3, 0.4) is 0 Å². The van der Waals surface area contributed by atoms with E-state index in [1.807, 2.05) is 19.1 Å². The van der Waals surface area contributed by atoms with Gasteiger partial charge in [-0.1, -0.05) is 17.7 Å². The molecule has 1 heterocycles. The summed E-state index contributed by atoms with van der Waals surface area (Å²) in [5.41, 5.74) is 1.79. The van der Waals surface area contributed by atoms with E-state index in [9.17, 15) is 4.79 Å². The summed E-state index contributed by atoms with van der Waals surface area (Å²) < 4.78 is 0. The Morgan fingerprint density at radius 3 is 2.94 bits per heavy atom. The van der Waals surface area contributed by atoms with Crippen LogP contribution in [0.1, 0.15) is 12.0 Å². The lowest BCUT2D eigenvalue weighted by molar-refractivity contribution is -0.119. The van der Waals surface area contributed by atoms with Gasteiger partial charge in [0, 0.05) is 6.54 Å². The number of nitrogens with one attached hydrogen (secondary N) is 2. The quantitative estimate of drug-likeness (QED) is 0.871. The highest BCUT2D eigenvalue weighted by Crippen LogP contribution is 2.23. The normalized spacial score (nSPS) is 18.6. The van der Waals surface area contributed by atoms with Crippen molar-refractivity contribution in [1.82, 2.24) is 5.32 Å². The van der Waals surface area contributed by atoms with Crippen LogP contribution >= 0.6 is 24.0 Å². The van der Waals surface area contributed by atoms with Crippen molar-refractivity contribution in [3.05, 3.63) is 28.8 Å². The lowest BCUT2D eigenvalue weighted by Crippen LogP contribution is -2.24. The summed E-state index contributed by atoms with van der Waals surface area (Å²) in [5.74, 6) is 0.120. The van der Waals surface area contributed by atoms with E-state index in [2.05, 4.69) is 10.6 Å². The minimum absolute atomic E-state index is 0. The number of amides is 1. The molecule has 2 N–H and O–H groups in total. The summed E-state index contributed by atoms with van der Waals surface area (Å²) >= 11 is 6.02. The van der Waals surface area contributed by atoms with Crippen LogP contribution in [0.25, 0.3) is 0 Å². The van der Waals surface area contributed by atoms with E-state index < -0.39 is 0 Å². The van der Waals surface area contributed by atoms with Crippen molar-refractivity contribution in [1.29, 1.82) is 0 Å². The molecule has 1 saturated heterocycles. The topological polar surface area (TPSA) is 41.1 Å². The second-order valence-electron chi connectivity index (χ2n) is 4.16. The number of carbonyl (C=O) groups is 1. The summed E-state index contributed by atoms with van der Waals surface area (Å²) in [6.07, 6.45) is 0.898. The summed E-state index contributed by atoms with van der Waals surface area (Å²) in [6, 6.07) is 5.62. The van der Waals surface area contributed by atoms with E-state index in [1.165, 1.54) is 0 Å². The van der Waals surface area contributed by atoms with Crippen LogP contribution in [0.5, 0.6) is 0 Å². The van der Waals surface area contributed by atoms with Gasteiger partial charge in [0.1, 0.15) is 0 Å². The van der Waals surface area contributed by atoms with Gasteiger partial charge in [0.2, 0.25) is 5.91 Å². The monoisotopic (exact) mass is 274 g/mol. The Bertz CT molecular complexity index is 403. The highest BCUT2D eigenvalue weighted by Gasteiger charge is 2.22. The van der Waals surface area contributed by atoms with Crippen LogP contribution in [0.4, 0.5) is 5.69 Å². The molecule has 0 spiro atoms. The van der Waals surface area contributed by atoms with Crippen LogP contribution < -0.4 is 10.6 Å². The van der Waals surface area contributed by atoms with Crippen molar-refractivity contribution in [2.45, 2.75) is 13.3 Å². The molecule has 0 aliphatic carbocycles. The molecular weight excluding hydrogens is 259 g/mol. The number of hydrogen-bond donors (Lipinski definition) is 2. The minimum Gasteiger partial charge on any atom is -0.324 e. The minimum atomic E-state index is 0. The molecule has 1 aromatic carbocycles. The van der Waals surface area contributed by atoms with E-state index in [-0.39, 0.29) is 24.2 Å². The van der Waals surface area contributed by atoms with Gasteiger partial charge in [-0.3, -0.25) is 4.79 Å². The molecule has 1 fully saturated rings. The Hall–Kier alpha value is -0.770. The van der Waals surface area contributed by atoms with Crippen molar-refractivity contribution in [2.75, 3.05) is 18.4 Å². The third-order valence-corrected chi connectivity index (χ3v) is 3.14. The molecule has 0 bridgehead atoms. The van der Waals surface area contributed by atoms with Crippen LogP contribution in [-0.4, -0.2) is 19.0 Å². The first-order valence-corrected chi connectivity index (χ1v) is 5.82. The van der Waals surface area contributed by atoms with Gasteiger partial charge in [-0.15, -0.1) is 12.4 Å². The Labute approximate surface area is 112 Å². The third-order valence-electron chi connectivity index (χ3n) is 2.81. The first kappa shape index (κ1) is 14.3. The molecule has 2 rings (SSSR count). The van der Waals surface area contributed by atoms with Crippen molar-refractivity contribution in [2.24, 2.45) is 5.92 Å². The molecule has 0 radical (unpaired) electrons. The molecule has 1 aliphatic heterocycles. The number of benzene rings is 1. The van der Waals surface area contributed by atoms with Gasteiger partial charge in [0.25, 0.3) is 0 Å². The number of aryl methyl sites for hydroxylation is 1. The third kappa shape index (κ3) is 3.60. The van der Waals surface area contributed by atoms with E-state index in [0.717, 1.165) is 25.1 Å². The SMILES string of the molecule is Cc1ccc(Cl)c(NC(=O)C2CCNC2)c1.Cl. The number of carbonyl (C=O) groups excluding carboxylic acids is 1. The molecule has 1 aromatic rings. The van der Waals surface area contributed by atoms with Gasteiger partial charge in [0.05, 0.1) is 16.6 Å². The number of hydrogen-bond acceptors (Lipinski definition) is 2. The van der Waals surface area contributed by atoms with Crippen LogP contribution in [0.15, 0.2) is 18.2 Å². The van der Waals surface area contributed by atoms with Gasteiger partial charge < -0.3 is 10.6 Å². The van der Waals surface area contributed by atoms with Gasteiger partial charge in [-0.2, -0.15) is 0 Å². The smallest absolute Gasteiger partial charge is 0.228 e. The molecule has 17 heavy (non-hydrogen) atoms. The Balaban J connectivity index is 0.00000144. The van der Waals surface area contributed by atoms with E-state index in [1.54, 1.807) is 6.07 Å². The molecule has 1 amide bonds. The highest BCUT2D eigenvalue weighted by molar-refractivity contribution is 6.33. The summed E-state index contributed by atoms with van der Waals surface area (Å²) in [5, 5.41) is 6.64. The number of halogens is 2. The summed E-state index contributed by atoms with van der Waals surface area (Å²) in [6.45, 7) is 3.65. The molecule has 1 atom stereocenters. The van der Waals surface area contributed by atoms with Crippen molar-refractivity contribution in [3.8, 4) is 0 Å². The lowest BCUT2D eigenvalue weighted by atomic mass is 10.1. The molecule has 1 aliphatic rings. The van der Waals surface area contributed by atoms with Gasteiger partial charge in [-0.05, 0) is 37.6 Å². The van der Waals surface area contributed by atoms with Crippen molar-refractivity contribution < 1.29 is 4.79 Å². The number of rotatable bonds is 2. The van der Waals surface area contributed by atoms with Crippen LogP contribution in [0.2, 0.25) is 5.02 Å². The first-order valence-electron chi connectivity index (χ1n) is 5.44. The molecule has 1 unspecified atom stereocenters. The molecule has 0 saturated carbocycles. The Morgan fingerprint density at radius 2 is 2.29 bits per heavy atom. The van der Waals surface area contributed by atoms with E-state index in [4.69, 9.17) is 11.6 Å². The van der Waals surface area contributed by atoms with E-state index >= 15 is 0 Å². The molecule has 94 valence electrons. The Morgan fingerprint density at radius 1 is 1.53 bits per heavy atom. The van der Waals surface area contributed by atoms with Crippen LogP contribution in [-0.2, 0) is 4.79 Å². The maximum atomic E-state index is 11.9. The maximum absolute atomic E-state index is 11.9. The fourth-order valence-electron chi connectivity index (χ4n) is 1.85. The molecular formula is C12H16Cl2N2O. The zero-order chi connectivity index (χ0) is 11.5. The standard InChI is InChI=1S/C12H15ClN2O.ClH/c1-8-2-3-10(13)11(6-8)15-12(16)9-4-5-14-7-9;/h2-3,6,9,14H,4-5,7H2,1H3,(H,15,16);1H. The predicted molar refractivity (Wildman–Crippen MR) is 73.0 cm³/mol. The summed E-state index contributed by atoms with van der Waals surface area (Å²) in [7, 11) is 0.